The molecule has 3 rings (SSSR count). The topological polar surface area (TPSA) is 69.7 Å². The Morgan fingerprint density at radius 2 is 1.76 bits per heavy atom. The second-order valence-corrected chi connectivity index (χ2v) is 8.77. The third-order valence-corrected chi connectivity index (χ3v) is 7.02. The van der Waals surface area contributed by atoms with Gasteiger partial charge >= 0.3 is 0 Å². The van der Waals surface area contributed by atoms with E-state index < -0.39 is 10.0 Å². The summed E-state index contributed by atoms with van der Waals surface area (Å²) in [6, 6.07) is 12.6. The average Bonchev–Trinajstić information content (AvgIpc) is 3.18. The van der Waals surface area contributed by atoms with E-state index in [-0.39, 0.29) is 5.91 Å². The number of benzene rings is 1. The SMILES string of the molecule is O=C(c1ccccc1)N1CCN(CCNS(=O)(=O)c2cccs2)CC1. The van der Waals surface area contributed by atoms with Crippen molar-refractivity contribution in [1.29, 1.82) is 0 Å². The minimum absolute atomic E-state index is 0.0543. The molecule has 25 heavy (non-hydrogen) atoms. The second kappa shape index (κ2) is 8.09. The van der Waals surface area contributed by atoms with Gasteiger partial charge in [-0.15, -0.1) is 11.3 Å². The van der Waals surface area contributed by atoms with Gasteiger partial charge in [0.15, 0.2) is 0 Å². The number of hydrogen-bond donors (Lipinski definition) is 1. The fourth-order valence-electron chi connectivity index (χ4n) is 2.76. The molecule has 1 fully saturated rings. The summed E-state index contributed by atoms with van der Waals surface area (Å²) in [5.74, 6) is 0.0543. The lowest BCUT2D eigenvalue weighted by atomic mass is 10.2. The zero-order chi connectivity index (χ0) is 17.7. The first-order valence-corrected chi connectivity index (χ1v) is 10.5. The first kappa shape index (κ1) is 18.1. The van der Waals surface area contributed by atoms with Crippen LogP contribution >= 0.6 is 11.3 Å². The lowest BCUT2D eigenvalue weighted by molar-refractivity contribution is 0.0640. The summed E-state index contributed by atoms with van der Waals surface area (Å²) in [5, 5.41) is 1.75. The number of piperazine rings is 1. The Labute approximate surface area is 152 Å². The van der Waals surface area contributed by atoms with Gasteiger partial charge in [0.25, 0.3) is 5.91 Å². The quantitative estimate of drug-likeness (QED) is 0.826. The van der Waals surface area contributed by atoms with Gasteiger partial charge in [0.2, 0.25) is 10.0 Å². The third-order valence-electron chi connectivity index (χ3n) is 4.16. The number of hydrogen-bond acceptors (Lipinski definition) is 5. The summed E-state index contributed by atoms with van der Waals surface area (Å²) in [7, 11) is -3.40. The summed E-state index contributed by atoms with van der Waals surface area (Å²) < 4.78 is 27.1. The molecule has 0 radical (unpaired) electrons. The van der Waals surface area contributed by atoms with Gasteiger partial charge in [0, 0.05) is 44.8 Å². The van der Waals surface area contributed by atoms with Gasteiger partial charge in [-0.3, -0.25) is 9.69 Å². The Morgan fingerprint density at radius 3 is 2.40 bits per heavy atom. The molecule has 1 aliphatic heterocycles. The largest absolute Gasteiger partial charge is 0.336 e. The number of carbonyl (C=O) groups excluding carboxylic acids is 1. The molecule has 6 nitrogen and oxygen atoms in total. The van der Waals surface area contributed by atoms with Crippen LogP contribution in [0.5, 0.6) is 0 Å². The van der Waals surface area contributed by atoms with Crippen molar-refractivity contribution in [2.45, 2.75) is 4.21 Å². The van der Waals surface area contributed by atoms with E-state index in [4.69, 9.17) is 0 Å². The van der Waals surface area contributed by atoms with Crippen LogP contribution in [0.15, 0.2) is 52.1 Å². The maximum absolute atomic E-state index is 12.4. The highest BCUT2D eigenvalue weighted by Gasteiger charge is 2.22. The molecule has 1 amide bonds. The van der Waals surface area contributed by atoms with Crippen molar-refractivity contribution in [3.05, 3.63) is 53.4 Å². The number of nitrogens with zero attached hydrogens (tertiary/aromatic N) is 2. The second-order valence-electron chi connectivity index (χ2n) is 5.83. The van der Waals surface area contributed by atoms with Crippen LogP contribution in [0.1, 0.15) is 10.4 Å². The molecular weight excluding hydrogens is 358 g/mol. The Hall–Kier alpha value is -1.74. The highest BCUT2D eigenvalue weighted by molar-refractivity contribution is 7.91. The molecule has 0 bridgehead atoms. The van der Waals surface area contributed by atoms with Crippen molar-refractivity contribution in [1.82, 2.24) is 14.5 Å². The van der Waals surface area contributed by atoms with E-state index in [1.807, 2.05) is 35.2 Å². The van der Waals surface area contributed by atoms with Crippen molar-refractivity contribution in [2.24, 2.45) is 0 Å². The van der Waals surface area contributed by atoms with E-state index in [1.165, 1.54) is 11.3 Å². The molecule has 1 aliphatic rings. The van der Waals surface area contributed by atoms with Crippen molar-refractivity contribution in [3.63, 3.8) is 0 Å². The lowest BCUT2D eigenvalue weighted by Gasteiger charge is -2.34. The Morgan fingerprint density at radius 1 is 1.04 bits per heavy atom. The Bertz CT molecular complexity index is 784. The Kier molecular flexibility index (Phi) is 5.85. The number of amides is 1. The predicted octanol–water partition coefficient (Wildman–Crippen LogP) is 1.48. The van der Waals surface area contributed by atoms with Crippen LogP contribution in [0.2, 0.25) is 0 Å². The monoisotopic (exact) mass is 379 g/mol. The van der Waals surface area contributed by atoms with Gasteiger partial charge in [-0.1, -0.05) is 24.3 Å². The summed E-state index contributed by atoms with van der Waals surface area (Å²) in [5.41, 5.74) is 0.708. The van der Waals surface area contributed by atoms with Gasteiger partial charge in [-0.25, -0.2) is 13.1 Å². The smallest absolute Gasteiger partial charge is 0.253 e. The van der Waals surface area contributed by atoms with Gasteiger partial charge in [-0.05, 0) is 23.6 Å². The van der Waals surface area contributed by atoms with Crippen LogP contribution in [0, 0.1) is 0 Å². The summed E-state index contributed by atoms with van der Waals surface area (Å²) >= 11 is 1.21. The molecule has 8 heteroatoms. The number of rotatable bonds is 6. The molecule has 0 spiro atoms. The number of sulfonamides is 1. The van der Waals surface area contributed by atoms with Crippen molar-refractivity contribution in [2.75, 3.05) is 39.3 Å². The number of carbonyl (C=O) groups is 1. The normalized spacial score (nSPS) is 16.1. The van der Waals surface area contributed by atoms with Crippen LogP contribution < -0.4 is 4.72 Å². The fraction of sp³-hybridized carbons (Fsp3) is 0.353. The molecule has 0 aliphatic carbocycles. The van der Waals surface area contributed by atoms with Crippen LogP contribution in [0.3, 0.4) is 0 Å². The minimum Gasteiger partial charge on any atom is -0.336 e. The molecule has 0 atom stereocenters. The van der Waals surface area contributed by atoms with Gasteiger partial charge in [0.1, 0.15) is 4.21 Å². The van der Waals surface area contributed by atoms with E-state index in [1.54, 1.807) is 17.5 Å². The van der Waals surface area contributed by atoms with Crippen LogP contribution in [-0.2, 0) is 10.0 Å². The minimum atomic E-state index is -3.40. The number of thiophene rings is 1. The fourth-order valence-corrected chi connectivity index (χ4v) is 4.82. The summed E-state index contributed by atoms with van der Waals surface area (Å²) in [6.07, 6.45) is 0. The zero-order valence-electron chi connectivity index (χ0n) is 13.8. The van der Waals surface area contributed by atoms with E-state index in [2.05, 4.69) is 9.62 Å². The van der Waals surface area contributed by atoms with Gasteiger partial charge in [-0.2, -0.15) is 0 Å². The van der Waals surface area contributed by atoms with Crippen LogP contribution in [-0.4, -0.2) is 63.4 Å². The average molecular weight is 380 g/mol. The molecule has 1 N–H and O–H groups in total. The molecule has 2 aromatic rings. The predicted molar refractivity (Wildman–Crippen MR) is 98.3 cm³/mol. The molecule has 0 saturated carbocycles. The summed E-state index contributed by atoms with van der Waals surface area (Å²) in [4.78, 5) is 16.4. The third kappa shape index (κ3) is 4.66. The van der Waals surface area contributed by atoms with Crippen molar-refractivity contribution < 1.29 is 13.2 Å². The molecule has 0 unspecified atom stereocenters. The number of nitrogens with one attached hydrogen (secondary N) is 1. The molecule has 1 aromatic heterocycles. The highest BCUT2D eigenvalue weighted by Crippen LogP contribution is 2.15. The molecule has 2 heterocycles. The van der Waals surface area contributed by atoms with Gasteiger partial charge in [0.05, 0.1) is 0 Å². The zero-order valence-corrected chi connectivity index (χ0v) is 15.4. The summed E-state index contributed by atoms with van der Waals surface area (Å²) in [6.45, 7) is 3.82. The molecular formula is C17H21N3O3S2. The molecule has 1 aromatic carbocycles. The van der Waals surface area contributed by atoms with Crippen molar-refractivity contribution in [3.8, 4) is 0 Å². The van der Waals surface area contributed by atoms with E-state index >= 15 is 0 Å². The molecule has 1 saturated heterocycles. The van der Waals surface area contributed by atoms with E-state index in [0.717, 1.165) is 13.1 Å². The van der Waals surface area contributed by atoms with Crippen LogP contribution in [0.4, 0.5) is 0 Å². The first-order chi connectivity index (χ1) is 12.1. The maximum atomic E-state index is 12.4. The maximum Gasteiger partial charge on any atom is 0.253 e. The molecule has 134 valence electrons. The highest BCUT2D eigenvalue weighted by atomic mass is 32.2. The lowest BCUT2D eigenvalue weighted by Crippen LogP contribution is -2.50. The van der Waals surface area contributed by atoms with E-state index in [9.17, 15) is 13.2 Å². The van der Waals surface area contributed by atoms with Crippen molar-refractivity contribution >= 4 is 27.3 Å². The van der Waals surface area contributed by atoms with Gasteiger partial charge < -0.3 is 4.90 Å². The Balaban J connectivity index is 1.43. The standard InChI is InChI=1S/C17H21N3O3S2/c21-17(15-5-2-1-3-6-15)20-12-10-19(11-13-20)9-8-18-25(22,23)16-7-4-14-24-16/h1-7,14,18H,8-13H2. The van der Waals surface area contributed by atoms with Crippen LogP contribution in [0.25, 0.3) is 0 Å². The van der Waals surface area contributed by atoms with E-state index in [0.29, 0.717) is 36.0 Å². The first-order valence-electron chi connectivity index (χ1n) is 8.16.